The summed E-state index contributed by atoms with van der Waals surface area (Å²) in [6.45, 7) is 4.10. The zero-order chi connectivity index (χ0) is 12.3. The van der Waals surface area contributed by atoms with E-state index >= 15 is 0 Å². The molecule has 0 radical (unpaired) electrons. The molecule has 92 valence electrons. The van der Waals surface area contributed by atoms with Crippen LogP contribution in [0.4, 0.5) is 5.69 Å². The summed E-state index contributed by atoms with van der Waals surface area (Å²) < 4.78 is 0. The second-order valence-electron chi connectivity index (χ2n) is 4.38. The van der Waals surface area contributed by atoms with Crippen molar-refractivity contribution in [2.24, 2.45) is 5.73 Å². The fraction of sp³-hybridized carbons (Fsp3) is 0.462. The van der Waals surface area contributed by atoms with Crippen molar-refractivity contribution >= 4 is 11.6 Å². The van der Waals surface area contributed by atoms with Gasteiger partial charge < -0.3 is 16.0 Å². The van der Waals surface area contributed by atoms with E-state index in [9.17, 15) is 4.79 Å². The number of carbonyl (C=O) groups excluding carboxylic acids is 1. The molecule has 2 rings (SSSR count). The topological polar surface area (TPSA) is 58.4 Å². The first kappa shape index (κ1) is 11.9. The van der Waals surface area contributed by atoms with Crippen LogP contribution in [0.15, 0.2) is 24.3 Å². The number of hydrogen-bond acceptors (Lipinski definition) is 3. The van der Waals surface area contributed by atoms with Gasteiger partial charge in [-0.2, -0.15) is 0 Å². The monoisotopic (exact) mass is 233 g/mol. The van der Waals surface area contributed by atoms with Gasteiger partial charge in [0.25, 0.3) is 0 Å². The number of hydrogen-bond donors (Lipinski definition) is 2. The molecule has 1 amide bonds. The molecule has 17 heavy (non-hydrogen) atoms. The maximum Gasteiger partial charge on any atom is 0.239 e. The van der Waals surface area contributed by atoms with Crippen molar-refractivity contribution in [3.05, 3.63) is 29.8 Å². The highest BCUT2D eigenvalue weighted by Crippen LogP contribution is 2.20. The van der Waals surface area contributed by atoms with Gasteiger partial charge in [-0.25, -0.2) is 0 Å². The lowest BCUT2D eigenvalue weighted by molar-refractivity contribution is -0.120. The summed E-state index contributed by atoms with van der Waals surface area (Å²) in [6, 6.07) is 8.30. The summed E-state index contributed by atoms with van der Waals surface area (Å²) >= 11 is 0. The van der Waals surface area contributed by atoms with Gasteiger partial charge in [0.05, 0.1) is 6.54 Å². The van der Waals surface area contributed by atoms with Gasteiger partial charge in [-0.05, 0) is 24.1 Å². The van der Waals surface area contributed by atoms with E-state index in [1.54, 1.807) is 0 Å². The third-order valence-corrected chi connectivity index (χ3v) is 3.16. The van der Waals surface area contributed by atoms with Crippen molar-refractivity contribution in [3.63, 3.8) is 0 Å². The Morgan fingerprint density at radius 1 is 1.41 bits per heavy atom. The molecule has 0 saturated carbocycles. The van der Waals surface area contributed by atoms with Crippen LogP contribution in [0.2, 0.25) is 0 Å². The number of benzene rings is 1. The molecule has 4 heteroatoms. The minimum Gasteiger partial charge on any atom is -0.360 e. The van der Waals surface area contributed by atoms with E-state index in [0.29, 0.717) is 6.54 Å². The number of piperazine rings is 1. The van der Waals surface area contributed by atoms with E-state index in [-0.39, 0.29) is 11.9 Å². The maximum atomic E-state index is 11.3. The standard InChI is InChI=1S/C13H19N3O/c1-2-12(14)10-3-5-11(6-4-10)16-8-7-15-13(17)9-16/h3-6,12H,2,7-9,14H2,1H3,(H,15,17)/t12-/m0/s1. The highest BCUT2D eigenvalue weighted by atomic mass is 16.2. The number of amides is 1. The quantitative estimate of drug-likeness (QED) is 0.820. The minimum atomic E-state index is 0.0885. The lowest BCUT2D eigenvalue weighted by Crippen LogP contribution is -2.47. The molecule has 4 nitrogen and oxygen atoms in total. The maximum absolute atomic E-state index is 11.3. The van der Waals surface area contributed by atoms with Crippen LogP contribution in [0.25, 0.3) is 0 Å². The normalized spacial score (nSPS) is 17.8. The van der Waals surface area contributed by atoms with Crippen molar-refractivity contribution in [3.8, 4) is 0 Å². The molecule has 0 unspecified atom stereocenters. The number of carbonyl (C=O) groups is 1. The molecule has 0 aromatic heterocycles. The number of nitrogens with zero attached hydrogens (tertiary/aromatic N) is 1. The predicted octanol–water partition coefficient (Wildman–Crippen LogP) is 1.03. The smallest absolute Gasteiger partial charge is 0.239 e. The molecule has 0 aliphatic carbocycles. The Morgan fingerprint density at radius 3 is 2.71 bits per heavy atom. The van der Waals surface area contributed by atoms with Crippen LogP contribution in [0.1, 0.15) is 24.9 Å². The Labute approximate surface area is 102 Å². The Bertz CT molecular complexity index is 388. The third-order valence-electron chi connectivity index (χ3n) is 3.16. The summed E-state index contributed by atoms with van der Waals surface area (Å²) in [7, 11) is 0. The molecular weight excluding hydrogens is 214 g/mol. The Hall–Kier alpha value is -1.55. The number of rotatable bonds is 3. The molecule has 1 aromatic rings. The zero-order valence-corrected chi connectivity index (χ0v) is 10.1. The van der Waals surface area contributed by atoms with E-state index in [4.69, 9.17) is 5.73 Å². The summed E-state index contributed by atoms with van der Waals surface area (Å²) in [6.07, 6.45) is 0.936. The minimum absolute atomic E-state index is 0.0885. The molecule has 1 saturated heterocycles. The zero-order valence-electron chi connectivity index (χ0n) is 10.1. The predicted molar refractivity (Wildman–Crippen MR) is 68.9 cm³/mol. The SMILES string of the molecule is CC[C@H](N)c1ccc(N2CCNC(=O)C2)cc1. The molecule has 3 N–H and O–H groups in total. The first-order chi connectivity index (χ1) is 8.20. The van der Waals surface area contributed by atoms with Gasteiger partial charge >= 0.3 is 0 Å². The van der Waals surface area contributed by atoms with Crippen molar-refractivity contribution in [2.75, 3.05) is 24.5 Å². The molecule has 1 fully saturated rings. The summed E-state index contributed by atoms with van der Waals surface area (Å²) in [5, 5.41) is 2.82. The van der Waals surface area contributed by atoms with Crippen LogP contribution >= 0.6 is 0 Å². The van der Waals surface area contributed by atoms with E-state index in [2.05, 4.69) is 29.3 Å². The molecule has 1 atom stereocenters. The van der Waals surface area contributed by atoms with Crippen molar-refractivity contribution in [2.45, 2.75) is 19.4 Å². The highest BCUT2D eigenvalue weighted by molar-refractivity contribution is 5.82. The van der Waals surface area contributed by atoms with Crippen LogP contribution < -0.4 is 16.0 Å². The van der Waals surface area contributed by atoms with Gasteiger partial charge in [0, 0.05) is 24.8 Å². The number of nitrogens with one attached hydrogen (secondary N) is 1. The second kappa shape index (κ2) is 5.19. The van der Waals surface area contributed by atoms with Gasteiger partial charge in [-0.1, -0.05) is 19.1 Å². The average molecular weight is 233 g/mol. The Morgan fingerprint density at radius 2 is 2.12 bits per heavy atom. The van der Waals surface area contributed by atoms with E-state index < -0.39 is 0 Å². The second-order valence-corrected chi connectivity index (χ2v) is 4.38. The highest BCUT2D eigenvalue weighted by Gasteiger charge is 2.16. The van der Waals surface area contributed by atoms with Crippen molar-refractivity contribution in [1.82, 2.24) is 5.32 Å². The number of anilines is 1. The van der Waals surface area contributed by atoms with Gasteiger partial charge in [-0.3, -0.25) is 4.79 Å². The first-order valence-corrected chi connectivity index (χ1v) is 6.08. The molecule has 1 aromatic carbocycles. The molecule has 0 spiro atoms. The fourth-order valence-corrected chi connectivity index (χ4v) is 2.03. The van der Waals surface area contributed by atoms with Crippen LogP contribution in [0.3, 0.4) is 0 Å². The average Bonchev–Trinajstić information content (AvgIpc) is 2.38. The molecule has 1 heterocycles. The van der Waals surface area contributed by atoms with E-state index in [0.717, 1.165) is 30.8 Å². The third kappa shape index (κ3) is 2.77. The first-order valence-electron chi connectivity index (χ1n) is 6.08. The lowest BCUT2D eigenvalue weighted by Gasteiger charge is -2.28. The van der Waals surface area contributed by atoms with Crippen LogP contribution in [0.5, 0.6) is 0 Å². The Kier molecular flexibility index (Phi) is 3.64. The summed E-state index contributed by atoms with van der Waals surface area (Å²) in [5.74, 6) is 0.0885. The summed E-state index contributed by atoms with van der Waals surface area (Å²) in [5.41, 5.74) is 8.21. The van der Waals surface area contributed by atoms with Crippen LogP contribution in [-0.2, 0) is 4.79 Å². The van der Waals surface area contributed by atoms with Gasteiger partial charge in [-0.15, -0.1) is 0 Å². The molecular formula is C13H19N3O. The van der Waals surface area contributed by atoms with E-state index in [1.165, 1.54) is 0 Å². The van der Waals surface area contributed by atoms with Crippen LogP contribution in [0, 0.1) is 0 Å². The Balaban J connectivity index is 2.09. The summed E-state index contributed by atoms with van der Waals surface area (Å²) in [4.78, 5) is 13.4. The van der Waals surface area contributed by atoms with Gasteiger partial charge in [0.2, 0.25) is 5.91 Å². The van der Waals surface area contributed by atoms with E-state index in [1.807, 2.05) is 12.1 Å². The fourth-order valence-electron chi connectivity index (χ4n) is 2.03. The lowest BCUT2D eigenvalue weighted by atomic mass is 10.0. The van der Waals surface area contributed by atoms with Crippen LogP contribution in [-0.4, -0.2) is 25.5 Å². The van der Waals surface area contributed by atoms with Gasteiger partial charge in [0.15, 0.2) is 0 Å². The van der Waals surface area contributed by atoms with Gasteiger partial charge in [0.1, 0.15) is 0 Å². The van der Waals surface area contributed by atoms with Crippen molar-refractivity contribution < 1.29 is 4.79 Å². The molecule has 0 bridgehead atoms. The molecule has 1 aliphatic rings. The molecule has 1 aliphatic heterocycles. The number of nitrogens with two attached hydrogens (primary N) is 1. The largest absolute Gasteiger partial charge is 0.360 e. The van der Waals surface area contributed by atoms with Crippen molar-refractivity contribution in [1.29, 1.82) is 0 Å².